The highest BCUT2D eigenvalue weighted by molar-refractivity contribution is 5.92. The second-order valence-electron chi connectivity index (χ2n) is 18.7. The Morgan fingerprint density at radius 1 is 0.943 bits per heavy atom. The summed E-state index contributed by atoms with van der Waals surface area (Å²) in [7, 11) is 0. The molecule has 53 heavy (non-hydrogen) atoms. The number of aliphatic carboxylic acids is 1. The van der Waals surface area contributed by atoms with Gasteiger partial charge in [-0.3, -0.25) is 10.1 Å². The maximum Gasteiger partial charge on any atom is 0.306 e. The van der Waals surface area contributed by atoms with Gasteiger partial charge in [0, 0.05) is 36.1 Å². The molecule has 3 aromatic carbocycles. The van der Waals surface area contributed by atoms with Crippen LogP contribution in [-0.4, -0.2) is 69.4 Å². The first-order valence-electron chi connectivity index (χ1n) is 20.7. The fourth-order valence-electron chi connectivity index (χ4n) is 12.7. The summed E-state index contributed by atoms with van der Waals surface area (Å²) in [5, 5.41) is 46.7. The number of rotatable bonds is 3. The quantitative estimate of drug-likeness (QED) is 0.175. The molecule has 8 nitrogen and oxygen atoms in total. The molecule has 5 heterocycles. The molecule has 0 spiro atoms. The zero-order valence-corrected chi connectivity index (χ0v) is 31.6. The summed E-state index contributed by atoms with van der Waals surface area (Å²) in [5.41, 5.74) is 12.2. The average Bonchev–Trinajstić information content (AvgIpc) is 3.12. The van der Waals surface area contributed by atoms with E-state index in [2.05, 4.69) is 84.4 Å². The zero-order chi connectivity index (χ0) is 36.6. The van der Waals surface area contributed by atoms with Crippen LogP contribution in [0.1, 0.15) is 130 Å². The molecular formula is C45H60N4O4. The van der Waals surface area contributed by atoms with Crippen molar-refractivity contribution in [3.05, 3.63) is 82.4 Å². The van der Waals surface area contributed by atoms with E-state index in [0.717, 1.165) is 38.5 Å². The van der Waals surface area contributed by atoms with Crippen LogP contribution in [0.25, 0.3) is 10.8 Å². The molecule has 10 bridgehead atoms. The number of aliphatic hydroxyl groups excluding tert-OH is 1. The van der Waals surface area contributed by atoms with Crippen molar-refractivity contribution in [2.45, 2.75) is 150 Å². The molecular weight excluding hydrogens is 661 g/mol. The Hall–Kier alpha value is -2.85. The summed E-state index contributed by atoms with van der Waals surface area (Å²) in [4.78, 5) is 12.3. The van der Waals surface area contributed by atoms with Gasteiger partial charge in [0.25, 0.3) is 0 Å². The van der Waals surface area contributed by atoms with Gasteiger partial charge in [0.15, 0.2) is 0 Å². The minimum atomic E-state index is -1.37. The Labute approximate surface area is 314 Å². The van der Waals surface area contributed by atoms with E-state index in [1.54, 1.807) is 5.56 Å². The predicted octanol–water partition coefficient (Wildman–Crippen LogP) is 6.02. The molecule has 2 saturated heterocycles. The second-order valence-corrected chi connectivity index (χ2v) is 18.7. The monoisotopic (exact) mass is 720 g/mol. The van der Waals surface area contributed by atoms with Crippen LogP contribution < -0.4 is 21.7 Å². The van der Waals surface area contributed by atoms with E-state index in [4.69, 9.17) is 5.73 Å². The number of carboxylic acid groups (broad SMARTS) is 1. The lowest BCUT2D eigenvalue weighted by Gasteiger charge is -2.53. The van der Waals surface area contributed by atoms with Gasteiger partial charge < -0.3 is 31.7 Å². The summed E-state index contributed by atoms with van der Waals surface area (Å²) in [6.45, 7) is 4.56. The van der Waals surface area contributed by atoms with Crippen LogP contribution >= 0.6 is 0 Å². The van der Waals surface area contributed by atoms with Gasteiger partial charge in [-0.2, -0.15) is 0 Å². The molecule has 0 radical (unpaired) electrons. The van der Waals surface area contributed by atoms with Crippen LogP contribution in [0.3, 0.4) is 0 Å². The van der Waals surface area contributed by atoms with Crippen molar-refractivity contribution in [1.82, 2.24) is 16.0 Å². The number of aliphatic hydroxyl groups is 2. The number of nitrogens with one attached hydrogen (secondary N) is 3. The first kappa shape index (κ1) is 35.8. The molecule has 5 aliphatic heterocycles. The molecule has 8 heteroatoms. The number of carbonyl (C=O) groups is 1. The van der Waals surface area contributed by atoms with Crippen molar-refractivity contribution in [1.29, 1.82) is 0 Å². The van der Waals surface area contributed by atoms with Crippen molar-refractivity contribution in [2.75, 3.05) is 6.54 Å². The van der Waals surface area contributed by atoms with Crippen molar-refractivity contribution >= 4 is 16.7 Å². The maximum atomic E-state index is 12.3. The number of β-amino-alcohol motifs (C(OH)–C–C–N with tert-alkyl or cyclic N) is 1. The number of nitrogens with two attached hydrogens (primary N) is 1. The van der Waals surface area contributed by atoms with Crippen molar-refractivity contribution in [2.24, 2.45) is 23.5 Å². The van der Waals surface area contributed by atoms with Crippen molar-refractivity contribution < 1.29 is 20.1 Å². The minimum Gasteiger partial charge on any atom is -0.481 e. The lowest BCUT2D eigenvalue weighted by Crippen LogP contribution is -2.63. The lowest BCUT2D eigenvalue weighted by atomic mass is 9.52. The van der Waals surface area contributed by atoms with E-state index in [0.29, 0.717) is 48.5 Å². The van der Waals surface area contributed by atoms with Gasteiger partial charge in [0.05, 0.1) is 24.3 Å². The average molecular weight is 721 g/mol. The van der Waals surface area contributed by atoms with Gasteiger partial charge >= 0.3 is 5.97 Å². The highest BCUT2D eigenvalue weighted by Crippen LogP contribution is 2.62. The Kier molecular flexibility index (Phi) is 9.27. The lowest BCUT2D eigenvalue weighted by molar-refractivity contribution is -0.143. The van der Waals surface area contributed by atoms with Gasteiger partial charge in [-0.15, -0.1) is 0 Å². The van der Waals surface area contributed by atoms with E-state index in [1.165, 1.54) is 52.3 Å². The van der Waals surface area contributed by atoms with E-state index in [9.17, 15) is 20.1 Å². The summed E-state index contributed by atoms with van der Waals surface area (Å²) < 4.78 is 0. The molecule has 3 aliphatic carbocycles. The molecule has 0 unspecified atom stereocenters. The van der Waals surface area contributed by atoms with Crippen LogP contribution in [0.4, 0.5) is 0 Å². The number of benzene rings is 3. The maximum absolute atomic E-state index is 12.3. The Balaban J connectivity index is 1.18. The fourth-order valence-corrected chi connectivity index (χ4v) is 12.7. The minimum absolute atomic E-state index is 0.125. The summed E-state index contributed by atoms with van der Waals surface area (Å²) in [5.74, 6) is 1.67. The summed E-state index contributed by atoms with van der Waals surface area (Å²) in [6.07, 6.45) is 9.38. The molecule has 8 aliphatic rings. The Morgan fingerprint density at radius 3 is 2.62 bits per heavy atom. The predicted molar refractivity (Wildman–Crippen MR) is 209 cm³/mol. The second kappa shape index (κ2) is 13.7. The first-order valence-corrected chi connectivity index (χ1v) is 20.7. The zero-order valence-electron chi connectivity index (χ0n) is 31.6. The Bertz CT molecular complexity index is 1870. The van der Waals surface area contributed by atoms with Crippen LogP contribution in [0.2, 0.25) is 0 Å². The molecule has 13 atom stereocenters. The van der Waals surface area contributed by atoms with Crippen LogP contribution in [-0.2, 0) is 11.2 Å². The normalized spacial score (nSPS) is 41.1. The standard InChI is InChI=1S/C45H60N4O4/c1-25-38(50)14-13-37(48-25)29-10-11-33-35(20-29)41-30-7-3-5-26(17-30)18-31-21-44(2,22-39(46)49-31)47-24-45(53,23-40(51)52)16-15-28-19-36(33)43-34(41)12-9-27-6-4-8-32(28)42(27)43/h3-9,12,17,25,28-29,31,33,35-39,41,47-50,53H,10-11,13-16,18-24,46H2,1-2H3,(H,51,52)/t25-,28+,29+,31+,33-,35-,36-,37+,38-,39+,41-,44+,45-/m1/s1. The first-order chi connectivity index (χ1) is 25.5. The number of carboxylic acids is 1. The van der Waals surface area contributed by atoms with Crippen molar-refractivity contribution in [3.8, 4) is 0 Å². The third kappa shape index (κ3) is 6.65. The highest BCUT2D eigenvalue weighted by atomic mass is 16.4. The van der Waals surface area contributed by atoms with E-state index in [-0.39, 0.29) is 48.8 Å². The molecule has 1 saturated carbocycles. The van der Waals surface area contributed by atoms with Gasteiger partial charge in [-0.05, 0) is 153 Å². The van der Waals surface area contributed by atoms with Gasteiger partial charge in [-0.25, -0.2) is 0 Å². The van der Waals surface area contributed by atoms with Crippen LogP contribution in [0.15, 0.2) is 54.6 Å². The van der Waals surface area contributed by atoms with Gasteiger partial charge in [-0.1, -0.05) is 54.6 Å². The van der Waals surface area contributed by atoms with Crippen LogP contribution in [0, 0.1) is 17.8 Å². The molecule has 3 aromatic rings. The molecule has 3 fully saturated rings. The van der Waals surface area contributed by atoms with E-state index < -0.39 is 11.6 Å². The summed E-state index contributed by atoms with van der Waals surface area (Å²) in [6, 6.07) is 21.8. The third-order valence-electron chi connectivity index (χ3n) is 15.1. The highest BCUT2D eigenvalue weighted by Gasteiger charge is 2.50. The van der Waals surface area contributed by atoms with Crippen LogP contribution in [0.5, 0.6) is 0 Å². The largest absolute Gasteiger partial charge is 0.481 e. The summed E-state index contributed by atoms with van der Waals surface area (Å²) >= 11 is 0. The van der Waals surface area contributed by atoms with Gasteiger partial charge in [0.2, 0.25) is 0 Å². The number of piperidine rings is 2. The smallest absolute Gasteiger partial charge is 0.306 e. The topological polar surface area (TPSA) is 140 Å². The van der Waals surface area contributed by atoms with E-state index >= 15 is 0 Å². The third-order valence-corrected chi connectivity index (χ3v) is 15.1. The Morgan fingerprint density at radius 2 is 1.79 bits per heavy atom. The molecule has 0 amide bonds. The van der Waals surface area contributed by atoms with Crippen molar-refractivity contribution in [3.63, 3.8) is 0 Å². The van der Waals surface area contributed by atoms with Gasteiger partial charge in [0.1, 0.15) is 0 Å². The van der Waals surface area contributed by atoms with E-state index in [1.807, 2.05) is 0 Å². The number of hydrogen-bond acceptors (Lipinski definition) is 7. The molecule has 0 aromatic heterocycles. The fraction of sp³-hybridized carbons (Fsp3) is 0.622. The SMILES string of the molecule is C[C@H]1N[C@H]([C@H]2CC[C@@H]3[C@@H](C2)[C@@H]2c4cccc(c4)C[C@H]4C[C@@](C)(C[C@@H](N)N4)NC[C@](O)(CC(=O)O)CC[C@H]4C[C@H]3c3c2ccc2cccc4c32)CC[C@H]1O. The molecule has 8 N–H and O–H groups in total. The molecule has 11 rings (SSSR count). The molecule has 284 valence electrons. The number of hydrogen-bond donors (Lipinski definition) is 7.